The van der Waals surface area contributed by atoms with E-state index in [9.17, 15) is 14.0 Å². The molecule has 2 heterocycles. The van der Waals surface area contributed by atoms with Crippen LogP contribution in [0.15, 0.2) is 71.6 Å². The Bertz CT molecular complexity index is 1530. The van der Waals surface area contributed by atoms with Gasteiger partial charge in [0.1, 0.15) is 11.6 Å². The lowest BCUT2D eigenvalue weighted by molar-refractivity contribution is -0.121. The fraction of sp³-hybridized carbons (Fsp3) is 0.0400. The van der Waals surface area contributed by atoms with Crippen molar-refractivity contribution in [1.29, 1.82) is 0 Å². The number of thioether (sulfide) groups is 1. The van der Waals surface area contributed by atoms with Gasteiger partial charge < -0.3 is 10.1 Å². The third-order valence-electron chi connectivity index (χ3n) is 5.04. The molecule has 3 aromatic carbocycles. The van der Waals surface area contributed by atoms with Crippen LogP contribution in [-0.2, 0) is 9.59 Å². The number of nitrogens with one attached hydrogen (secondary N) is 2. The first-order valence-electron chi connectivity index (χ1n) is 10.7. The maximum atomic E-state index is 13.1. The second kappa shape index (κ2) is 10.9. The van der Waals surface area contributed by atoms with Gasteiger partial charge in [-0.25, -0.2) is 9.37 Å². The monoisotopic (exact) mass is 570 g/mol. The van der Waals surface area contributed by atoms with Gasteiger partial charge >= 0.3 is 0 Å². The molecule has 5 rings (SSSR count). The zero-order valence-corrected chi connectivity index (χ0v) is 21.9. The van der Waals surface area contributed by atoms with Crippen LogP contribution in [0, 0.1) is 5.82 Å². The Morgan fingerprint density at radius 3 is 2.73 bits per heavy atom. The van der Waals surface area contributed by atoms with Gasteiger partial charge in [0.25, 0.3) is 11.8 Å². The number of ether oxygens (including phenoxy) is 1. The maximum Gasteiger partial charge on any atom is 0.285 e. The Morgan fingerprint density at radius 2 is 1.95 bits per heavy atom. The maximum absolute atomic E-state index is 13.1. The van der Waals surface area contributed by atoms with E-state index >= 15 is 0 Å². The number of thiazole rings is 1. The summed E-state index contributed by atoms with van der Waals surface area (Å²) >= 11 is 14.1. The first kappa shape index (κ1) is 25.2. The molecule has 2 N–H and O–H groups in total. The number of nitrogens with zero attached hydrogens (tertiary/aromatic N) is 2. The molecule has 0 radical (unpaired) electrons. The summed E-state index contributed by atoms with van der Waals surface area (Å²) in [5.74, 6) is -0.836. The molecule has 1 aliphatic rings. The number of anilines is 2. The lowest BCUT2D eigenvalue weighted by Crippen LogP contribution is -2.33. The largest absolute Gasteiger partial charge is 0.483 e. The summed E-state index contributed by atoms with van der Waals surface area (Å²) < 4.78 is 20.1. The zero-order chi connectivity index (χ0) is 25.9. The van der Waals surface area contributed by atoms with Gasteiger partial charge in [-0.1, -0.05) is 46.8 Å². The molecule has 1 aliphatic heterocycles. The molecule has 1 fully saturated rings. The number of thiocarbonyl (C=S) groups is 1. The number of carbonyl (C=O) groups excluding carboxylic acids is 2. The van der Waals surface area contributed by atoms with E-state index in [1.54, 1.807) is 24.3 Å². The molecule has 0 aliphatic carbocycles. The molecule has 0 unspecified atom stereocenters. The average Bonchev–Trinajstić information content (AvgIpc) is 3.40. The van der Waals surface area contributed by atoms with E-state index in [1.165, 1.54) is 40.6 Å². The van der Waals surface area contributed by atoms with Crippen molar-refractivity contribution in [3.63, 3.8) is 0 Å². The van der Waals surface area contributed by atoms with Crippen LogP contribution in [0.1, 0.15) is 5.56 Å². The average molecular weight is 571 g/mol. The summed E-state index contributed by atoms with van der Waals surface area (Å²) in [5.41, 5.74) is 4.76. The lowest BCUT2D eigenvalue weighted by Gasteiger charge is -2.14. The number of para-hydroxylation sites is 1. The normalized spacial score (nSPS) is 14.4. The van der Waals surface area contributed by atoms with Gasteiger partial charge in [-0.3, -0.25) is 15.0 Å². The van der Waals surface area contributed by atoms with E-state index in [4.69, 9.17) is 28.6 Å². The number of fused-ring (bicyclic) bond motifs is 1. The van der Waals surface area contributed by atoms with Crippen molar-refractivity contribution in [3.05, 3.63) is 88.0 Å². The minimum atomic E-state index is -0.432. The molecule has 37 heavy (non-hydrogen) atoms. The van der Waals surface area contributed by atoms with Crippen molar-refractivity contribution < 1.29 is 18.7 Å². The van der Waals surface area contributed by atoms with Gasteiger partial charge in [-0.2, -0.15) is 5.01 Å². The van der Waals surface area contributed by atoms with Crippen LogP contribution in [0.4, 0.5) is 15.2 Å². The van der Waals surface area contributed by atoms with Crippen LogP contribution in [0.2, 0.25) is 5.02 Å². The molecule has 1 aromatic heterocycles. The summed E-state index contributed by atoms with van der Waals surface area (Å²) in [5, 5.41) is 4.86. The van der Waals surface area contributed by atoms with Gasteiger partial charge in [0.2, 0.25) is 5.13 Å². The Kier molecular flexibility index (Phi) is 7.38. The van der Waals surface area contributed by atoms with Crippen molar-refractivity contribution in [3.8, 4) is 5.75 Å². The van der Waals surface area contributed by atoms with E-state index in [-0.39, 0.29) is 12.5 Å². The highest BCUT2D eigenvalue weighted by molar-refractivity contribution is 8.26. The predicted molar refractivity (Wildman–Crippen MR) is 150 cm³/mol. The van der Waals surface area contributed by atoms with Crippen LogP contribution in [-0.4, -0.2) is 32.7 Å². The highest BCUT2D eigenvalue weighted by Gasteiger charge is 2.33. The van der Waals surface area contributed by atoms with E-state index in [2.05, 4.69) is 15.7 Å². The smallest absolute Gasteiger partial charge is 0.285 e. The summed E-state index contributed by atoms with van der Waals surface area (Å²) in [6.07, 6.45) is 1.61. The molecular formula is C25H16ClFN4O3S3. The first-order chi connectivity index (χ1) is 17.9. The number of aromatic nitrogens is 1. The quantitative estimate of drug-likeness (QED) is 0.198. The first-order valence-corrected chi connectivity index (χ1v) is 13.2. The highest BCUT2D eigenvalue weighted by Crippen LogP contribution is 2.36. The Hall–Kier alpha value is -3.51. The molecule has 0 spiro atoms. The minimum Gasteiger partial charge on any atom is -0.483 e. The minimum absolute atomic E-state index is 0.306. The molecule has 4 aromatic rings. The van der Waals surface area contributed by atoms with Crippen molar-refractivity contribution in [2.75, 3.05) is 17.3 Å². The highest BCUT2D eigenvalue weighted by atomic mass is 35.5. The number of rotatable bonds is 7. The summed E-state index contributed by atoms with van der Waals surface area (Å²) in [6, 6.07) is 17.9. The van der Waals surface area contributed by atoms with Crippen LogP contribution in [0.5, 0.6) is 5.75 Å². The van der Waals surface area contributed by atoms with Crippen molar-refractivity contribution >= 4 is 90.2 Å². The van der Waals surface area contributed by atoms with Crippen molar-refractivity contribution in [2.45, 2.75) is 0 Å². The van der Waals surface area contributed by atoms with Crippen molar-refractivity contribution in [1.82, 2.24) is 9.99 Å². The SMILES string of the molecule is O=C(COc1ccc(Cl)cc1/C=C1\SC(=S)N(Nc2nc3ccccc3s2)C1=O)Nc1ccc(F)cc1. The van der Waals surface area contributed by atoms with Crippen LogP contribution in [0.3, 0.4) is 0 Å². The molecule has 12 heteroatoms. The fourth-order valence-electron chi connectivity index (χ4n) is 3.36. The second-order valence-corrected chi connectivity index (χ2v) is 10.8. The Balaban J connectivity index is 1.30. The number of benzene rings is 3. The van der Waals surface area contributed by atoms with E-state index in [0.717, 1.165) is 22.0 Å². The van der Waals surface area contributed by atoms with Gasteiger partial charge in [-0.05, 0) is 72.9 Å². The summed E-state index contributed by atoms with van der Waals surface area (Å²) in [6.45, 7) is -0.306. The number of hydrogen-bond acceptors (Lipinski definition) is 8. The van der Waals surface area contributed by atoms with E-state index in [0.29, 0.717) is 36.4 Å². The number of hydrazine groups is 1. The molecule has 1 saturated heterocycles. The van der Waals surface area contributed by atoms with Crippen LogP contribution >= 0.6 is 46.9 Å². The van der Waals surface area contributed by atoms with Gasteiger partial charge in [0, 0.05) is 16.3 Å². The third kappa shape index (κ3) is 5.91. The number of hydrogen-bond donors (Lipinski definition) is 2. The van der Waals surface area contributed by atoms with Crippen LogP contribution < -0.4 is 15.5 Å². The topological polar surface area (TPSA) is 83.6 Å². The number of carbonyl (C=O) groups is 2. The fourth-order valence-corrected chi connectivity index (χ4v) is 5.56. The van der Waals surface area contributed by atoms with Gasteiger partial charge in [0.15, 0.2) is 10.9 Å². The zero-order valence-electron chi connectivity index (χ0n) is 18.7. The molecule has 186 valence electrons. The standard InChI is InChI=1S/C25H16ClFN4O3S3/c26-15-5-10-19(34-13-22(32)28-17-8-6-16(27)7-9-17)14(11-15)12-21-23(33)31(25(35)37-21)30-24-29-18-3-1-2-4-20(18)36-24/h1-12H,13H2,(H,28,32)(H,29,30)/b21-12-. The van der Waals surface area contributed by atoms with Gasteiger partial charge in [-0.15, -0.1) is 0 Å². The van der Waals surface area contributed by atoms with E-state index < -0.39 is 11.7 Å². The Labute approximate surface area is 229 Å². The summed E-state index contributed by atoms with van der Waals surface area (Å²) in [7, 11) is 0. The molecule has 0 saturated carbocycles. The number of amides is 2. The molecule has 0 atom stereocenters. The lowest BCUT2D eigenvalue weighted by atomic mass is 10.2. The number of halogens is 2. The van der Waals surface area contributed by atoms with Gasteiger partial charge in [0.05, 0.1) is 15.1 Å². The Morgan fingerprint density at radius 1 is 1.16 bits per heavy atom. The molecule has 0 bridgehead atoms. The second-order valence-electron chi connectivity index (χ2n) is 7.64. The predicted octanol–water partition coefficient (Wildman–Crippen LogP) is 6.33. The van der Waals surface area contributed by atoms with E-state index in [1.807, 2.05) is 24.3 Å². The molecule has 7 nitrogen and oxygen atoms in total. The van der Waals surface area contributed by atoms with Crippen molar-refractivity contribution in [2.24, 2.45) is 0 Å². The van der Waals surface area contributed by atoms with Crippen LogP contribution in [0.25, 0.3) is 16.3 Å². The molecular weight excluding hydrogens is 555 g/mol. The third-order valence-corrected chi connectivity index (χ3v) is 7.52. The summed E-state index contributed by atoms with van der Waals surface area (Å²) in [4.78, 5) is 30.3. The molecule has 2 amide bonds.